The van der Waals surface area contributed by atoms with Gasteiger partial charge in [-0.3, -0.25) is 9.69 Å². The van der Waals surface area contributed by atoms with Gasteiger partial charge in [0.05, 0.1) is 6.61 Å². The van der Waals surface area contributed by atoms with Gasteiger partial charge >= 0.3 is 0 Å². The molecule has 1 amide bonds. The van der Waals surface area contributed by atoms with E-state index in [2.05, 4.69) is 55.4 Å². The first-order chi connectivity index (χ1) is 17.2. The first kappa shape index (κ1) is 28.1. The average Bonchev–Trinajstić information content (AvgIpc) is 2.84. The molecule has 0 radical (unpaired) electrons. The van der Waals surface area contributed by atoms with Crippen molar-refractivity contribution in [3.8, 4) is 5.75 Å². The maximum Gasteiger partial charge on any atom is 0.251 e. The van der Waals surface area contributed by atoms with Crippen LogP contribution >= 0.6 is 0 Å². The summed E-state index contributed by atoms with van der Waals surface area (Å²) in [5, 5.41) is 6.39. The van der Waals surface area contributed by atoms with Crippen molar-refractivity contribution in [3.05, 3.63) is 64.0 Å². The molecule has 0 spiro atoms. The molecule has 6 heteroatoms. The summed E-state index contributed by atoms with van der Waals surface area (Å²) >= 11 is 0. The molecule has 2 N–H and O–H groups in total. The molecule has 2 aromatic rings. The van der Waals surface area contributed by atoms with Crippen LogP contribution in [0.1, 0.15) is 78.6 Å². The molecule has 1 fully saturated rings. The summed E-state index contributed by atoms with van der Waals surface area (Å²) in [5.41, 5.74) is 4.87. The van der Waals surface area contributed by atoms with Gasteiger partial charge in [-0.25, -0.2) is 4.39 Å². The van der Waals surface area contributed by atoms with Crippen molar-refractivity contribution in [1.29, 1.82) is 0 Å². The lowest BCUT2D eigenvalue weighted by Crippen LogP contribution is -2.53. The molecular formula is C30H44FN3O2. The first-order valence-electron chi connectivity index (χ1n) is 13.4. The van der Waals surface area contributed by atoms with Crippen molar-refractivity contribution in [3.63, 3.8) is 0 Å². The highest BCUT2D eigenvalue weighted by atomic mass is 19.1. The fourth-order valence-corrected chi connectivity index (χ4v) is 5.35. The molecule has 2 aromatic carbocycles. The van der Waals surface area contributed by atoms with Crippen molar-refractivity contribution in [2.75, 3.05) is 20.2 Å². The van der Waals surface area contributed by atoms with E-state index in [0.29, 0.717) is 29.8 Å². The topological polar surface area (TPSA) is 53.6 Å². The monoisotopic (exact) mass is 497 g/mol. The third-order valence-electron chi connectivity index (χ3n) is 7.63. The van der Waals surface area contributed by atoms with Crippen LogP contribution in [0.5, 0.6) is 5.75 Å². The number of nitrogens with zero attached hydrogens (tertiary/aromatic N) is 1. The Hall–Kier alpha value is -2.44. The van der Waals surface area contributed by atoms with Gasteiger partial charge in [0, 0.05) is 30.2 Å². The minimum Gasteiger partial charge on any atom is -0.493 e. The first-order valence-corrected chi connectivity index (χ1v) is 13.4. The van der Waals surface area contributed by atoms with Gasteiger partial charge in [-0.1, -0.05) is 19.4 Å². The molecule has 3 atom stereocenters. The summed E-state index contributed by atoms with van der Waals surface area (Å²) in [6.07, 6.45) is 5.00. The van der Waals surface area contributed by atoms with Crippen molar-refractivity contribution in [2.45, 2.75) is 91.4 Å². The summed E-state index contributed by atoms with van der Waals surface area (Å²) in [6.45, 7) is 13.1. The third kappa shape index (κ3) is 7.07. The highest BCUT2D eigenvalue weighted by Gasteiger charge is 2.34. The number of piperidine rings is 1. The Kier molecular flexibility index (Phi) is 10.3. The van der Waals surface area contributed by atoms with Crippen LogP contribution in [0, 0.1) is 26.6 Å². The van der Waals surface area contributed by atoms with Crippen molar-refractivity contribution >= 4 is 5.91 Å². The molecule has 36 heavy (non-hydrogen) atoms. The van der Waals surface area contributed by atoms with Crippen molar-refractivity contribution < 1.29 is 13.9 Å². The Bertz CT molecular complexity index is 1030. The highest BCUT2D eigenvalue weighted by molar-refractivity contribution is 5.94. The summed E-state index contributed by atoms with van der Waals surface area (Å²) in [4.78, 5) is 15.5. The van der Waals surface area contributed by atoms with Gasteiger partial charge in [0.2, 0.25) is 0 Å². The number of hydrogen-bond acceptors (Lipinski definition) is 4. The lowest BCUT2D eigenvalue weighted by molar-refractivity contribution is 0.0557. The van der Waals surface area contributed by atoms with E-state index in [1.807, 2.05) is 7.05 Å². The zero-order valence-electron chi connectivity index (χ0n) is 22.9. The van der Waals surface area contributed by atoms with Crippen LogP contribution in [0.2, 0.25) is 0 Å². The van der Waals surface area contributed by atoms with Crippen LogP contribution < -0.4 is 15.4 Å². The summed E-state index contributed by atoms with van der Waals surface area (Å²) in [5.74, 6) is 0.578. The van der Waals surface area contributed by atoms with E-state index in [9.17, 15) is 9.18 Å². The normalized spacial score (nSPS) is 20.4. The number of amides is 1. The second kappa shape index (κ2) is 13.2. The van der Waals surface area contributed by atoms with Gasteiger partial charge in [0.25, 0.3) is 5.91 Å². The Morgan fingerprint density at radius 3 is 2.61 bits per heavy atom. The van der Waals surface area contributed by atoms with Crippen molar-refractivity contribution in [2.24, 2.45) is 0 Å². The Labute approximate surface area is 216 Å². The van der Waals surface area contributed by atoms with Gasteiger partial charge in [0.1, 0.15) is 11.6 Å². The number of likely N-dealkylation sites (tertiary alicyclic amines) is 1. The van der Waals surface area contributed by atoms with Gasteiger partial charge < -0.3 is 15.4 Å². The average molecular weight is 498 g/mol. The molecule has 0 bridgehead atoms. The molecule has 3 rings (SSSR count). The quantitative estimate of drug-likeness (QED) is 0.392. The number of benzene rings is 2. The number of hydrogen-bond donors (Lipinski definition) is 2. The minimum atomic E-state index is -0.282. The van der Waals surface area contributed by atoms with E-state index in [4.69, 9.17) is 4.74 Å². The Balaban J connectivity index is 1.68. The number of rotatable bonds is 11. The molecule has 198 valence electrons. The second-order valence-corrected chi connectivity index (χ2v) is 10.3. The maximum atomic E-state index is 13.6. The number of carbonyl (C=O) groups excluding carboxylic acids is 1. The van der Waals surface area contributed by atoms with Crippen LogP contribution in [0.25, 0.3) is 0 Å². The zero-order chi connectivity index (χ0) is 26.2. The molecule has 1 heterocycles. The molecule has 5 nitrogen and oxygen atoms in total. The predicted octanol–water partition coefficient (Wildman–Crippen LogP) is 5.69. The van der Waals surface area contributed by atoms with Gasteiger partial charge in [-0.05, 0) is 113 Å². The van der Waals surface area contributed by atoms with E-state index < -0.39 is 0 Å². The molecule has 0 saturated carbocycles. The molecule has 1 aliphatic heterocycles. The van der Waals surface area contributed by atoms with Crippen LogP contribution in [0.15, 0.2) is 30.3 Å². The molecular weight excluding hydrogens is 453 g/mol. The van der Waals surface area contributed by atoms with Gasteiger partial charge in [-0.2, -0.15) is 0 Å². The standard InChI is InChI=1S/C30H44FN3O2/c1-7-9-27-18-26(33-30(35)24-10-12-28(31)20(2)16-24)17-21(3)34(27)19-25-11-13-29(23(5)22(25)4)36-15-8-14-32-6/h10-13,16,21,26-27,32H,7-9,14-15,17-19H2,1-6H3,(H,33,35). The summed E-state index contributed by atoms with van der Waals surface area (Å²) in [6, 6.07) is 9.76. The largest absolute Gasteiger partial charge is 0.493 e. The third-order valence-corrected chi connectivity index (χ3v) is 7.63. The van der Waals surface area contributed by atoms with E-state index >= 15 is 0 Å². The molecule has 1 saturated heterocycles. The number of ether oxygens (including phenoxy) is 1. The summed E-state index contributed by atoms with van der Waals surface area (Å²) in [7, 11) is 1.96. The molecule has 0 aliphatic carbocycles. The fourth-order valence-electron chi connectivity index (χ4n) is 5.35. The van der Waals surface area contributed by atoms with Crippen LogP contribution in [-0.2, 0) is 6.54 Å². The number of nitrogens with one attached hydrogen (secondary N) is 2. The predicted molar refractivity (Wildman–Crippen MR) is 145 cm³/mol. The molecule has 0 aromatic heterocycles. The lowest BCUT2D eigenvalue weighted by Gasteiger charge is -2.44. The number of carbonyl (C=O) groups is 1. The van der Waals surface area contributed by atoms with Gasteiger partial charge in [-0.15, -0.1) is 0 Å². The highest BCUT2D eigenvalue weighted by Crippen LogP contribution is 2.31. The SMILES string of the molecule is CCCC1CC(NC(=O)c2ccc(F)c(C)c2)CC(C)N1Cc1ccc(OCCCNC)c(C)c1C. The molecule has 1 aliphatic rings. The van der Waals surface area contributed by atoms with Crippen LogP contribution in [-0.4, -0.2) is 49.1 Å². The van der Waals surface area contributed by atoms with Gasteiger partial charge in [0.15, 0.2) is 0 Å². The zero-order valence-corrected chi connectivity index (χ0v) is 22.9. The molecule has 3 unspecified atom stereocenters. The number of halogens is 1. The number of aryl methyl sites for hydroxylation is 1. The smallest absolute Gasteiger partial charge is 0.251 e. The van der Waals surface area contributed by atoms with E-state index in [-0.39, 0.29) is 17.8 Å². The van der Waals surface area contributed by atoms with E-state index in [0.717, 1.165) is 50.9 Å². The minimum absolute atomic E-state index is 0.113. The van der Waals surface area contributed by atoms with Crippen LogP contribution in [0.4, 0.5) is 4.39 Å². The van der Waals surface area contributed by atoms with Crippen molar-refractivity contribution in [1.82, 2.24) is 15.5 Å². The van der Waals surface area contributed by atoms with E-state index in [1.54, 1.807) is 19.1 Å². The lowest BCUT2D eigenvalue weighted by atomic mass is 9.88. The maximum absolute atomic E-state index is 13.6. The Morgan fingerprint density at radius 1 is 1.14 bits per heavy atom. The second-order valence-electron chi connectivity index (χ2n) is 10.3. The van der Waals surface area contributed by atoms with Crippen LogP contribution in [0.3, 0.4) is 0 Å². The van der Waals surface area contributed by atoms with E-state index in [1.165, 1.54) is 22.8 Å². The fraction of sp³-hybridized carbons (Fsp3) is 0.567. The Morgan fingerprint density at radius 2 is 1.92 bits per heavy atom. The summed E-state index contributed by atoms with van der Waals surface area (Å²) < 4.78 is 19.7.